The number of ether oxygens (including phenoxy) is 1. The van der Waals surface area contributed by atoms with Crippen LogP contribution in [0.2, 0.25) is 13.1 Å². The lowest BCUT2D eigenvalue weighted by Gasteiger charge is -2.36. The van der Waals surface area contributed by atoms with Gasteiger partial charge in [-0.1, -0.05) is 67.7 Å². The number of carboxylic acid groups (broad SMARTS) is 1. The summed E-state index contributed by atoms with van der Waals surface area (Å²) in [7, 11) is -2.20. The van der Waals surface area contributed by atoms with Gasteiger partial charge in [0.05, 0.1) is 17.9 Å². The van der Waals surface area contributed by atoms with Gasteiger partial charge in [0.25, 0.3) is 0 Å². The minimum absolute atomic E-state index is 0.0815. The molecule has 0 aliphatic heterocycles. The van der Waals surface area contributed by atoms with Crippen molar-refractivity contribution in [3.63, 3.8) is 0 Å². The molecule has 0 saturated heterocycles. The number of esters is 1. The number of rotatable bonds is 8. The normalized spacial score (nSPS) is 14.1. The lowest BCUT2D eigenvalue weighted by Crippen LogP contribution is -2.51. The topological polar surface area (TPSA) is 63.6 Å². The summed E-state index contributed by atoms with van der Waals surface area (Å²) in [6.07, 6.45) is 0.225. The first-order chi connectivity index (χ1) is 11.0. The van der Waals surface area contributed by atoms with Crippen LogP contribution in [-0.2, 0) is 14.3 Å². The third-order valence-electron chi connectivity index (χ3n) is 4.71. The molecule has 0 radical (unpaired) electrons. The predicted molar refractivity (Wildman–Crippen MR) is 98.9 cm³/mol. The highest BCUT2D eigenvalue weighted by Gasteiger charge is 2.44. The van der Waals surface area contributed by atoms with Crippen molar-refractivity contribution in [3.05, 3.63) is 42.1 Å². The molecule has 0 bridgehead atoms. The highest BCUT2D eigenvalue weighted by Crippen LogP contribution is 2.36. The summed E-state index contributed by atoms with van der Waals surface area (Å²) in [6, 6.07) is 9.91. The number of aliphatic carboxylic acids is 1. The molecule has 0 spiro atoms. The first-order valence-corrected chi connectivity index (χ1v) is 11.2. The van der Waals surface area contributed by atoms with Gasteiger partial charge in [-0.25, -0.2) is 0 Å². The van der Waals surface area contributed by atoms with Crippen LogP contribution in [0.4, 0.5) is 0 Å². The maximum atomic E-state index is 12.0. The molecule has 1 aromatic rings. The zero-order valence-electron chi connectivity index (χ0n) is 15.3. The Morgan fingerprint density at radius 2 is 1.79 bits per heavy atom. The molecule has 0 aromatic heterocycles. The van der Waals surface area contributed by atoms with Crippen LogP contribution in [0.25, 0.3) is 0 Å². The summed E-state index contributed by atoms with van der Waals surface area (Å²) in [6.45, 7) is 13.6. The molecule has 0 aliphatic carbocycles. The second kappa shape index (κ2) is 7.79. The van der Waals surface area contributed by atoms with E-state index in [9.17, 15) is 14.7 Å². The molecular formula is C19H28O4Si. The summed E-state index contributed by atoms with van der Waals surface area (Å²) in [5.41, 5.74) is -1.12. The Labute approximate surface area is 145 Å². The predicted octanol–water partition coefficient (Wildman–Crippen LogP) is 3.38. The number of carbonyl (C=O) groups excluding carboxylic acids is 1. The smallest absolute Gasteiger partial charge is 0.313 e. The highest BCUT2D eigenvalue weighted by atomic mass is 28.3. The second-order valence-corrected chi connectivity index (χ2v) is 11.6. The third-order valence-corrected chi connectivity index (χ3v) is 8.54. The van der Waals surface area contributed by atoms with Gasteiger partial charge in [-0.15, -0.1) is 6.58 Å². The zero-order chi connectivity index (χ0) is 18.5. The zero-order valence-corrected chi connectivity index (χ0v) is 16.3. The lowest BCUT2D eigenvalue weighted by atomic mass is 9.87. The molecule has 1 aromatic carbocycles. The Morgan fingerprint density at radius 1 is 1.25 bits per heavy atom. The van der Waals surface area contributed by atoms with Gasteiger partial charge in [0.1, 0.15) is 8.07 Å². The SMILES string of the molecule is C=C(C(C)(CCOC(=O)C(C)C)C(=O)O)[Si](C)(C)c1ccccc1. The van der Waals surface area contributed by atoms with Crippen LogP contribution in [0.3, 0.4) is 0 Å². The van der Waals surface area contributed by atoms with E-state index in [1.807, 2.05) is 30.3 Å². The summed E-state index contributed by atoms with van der Waals surface area (Å²) >= 11 is 0. The van der Waals surface area contributed by atoms with Crippen molar-refractivity contribution in [2.45, 2.75) is 40.3 Å². The summed E-state index contributed by atoms with van der Waals surface area (Å²) in [5.74, 6) is -1.46. The molecule has 0 aliphatic rings. The van der Waals surface area contributed by atoms with E-state index in [-0.39, 0.29) is 24.9 Å². The van der Waals surface area contributed by atoms with Crippen LogP contribution in [0.1, 0.15) is 27.2 Å². The molecule has 1 rings (SSSR count). The minimum atomic E-state index is -2.20. The van der Waals surface area contributed by atoms with Crippen molar-refractivity contribution in [1.82, 2.24) is 0 Å². The second-order valence-electron chi connectivity index (χ2n) is 7.18. The summed E-state index contributed by atoms with van der Waals surface area (Å²) < 4.78 is 5.19. The van der Waals surface area contributed by atoms with Gasteiger partial charge in [0.2, 0.25) is 0 Å². The van der Waals surface area contributed by atoms with Crippen LogP contribution < -0.4 is 5.19 Å². The summed E-state index contributed by atoms with van der Waals surface area (Å²) in [4.78, 5) is 23.6. The lowest BCUT2D eigenvalue weighted by molar-refractivity contribution is -0.152. The Hall–Kier alpha value is -1.88. The third kappa shape index (κ3) is 4.35. The van der Waals surface area contributed by atoms with Crippen molar-refractivity contribution in [1.29, 1.82) is 0 Å². The fourth-order valence-corrected chi connectivity index (χ4v) is 5.61. The standard InChI is InChI=1S/C19H28O4Si/c1-14(2)17(20)23-13-12-19(4,18(21)22)15(3)24(5,6)16-10-8-7-9-11-16/h7-11,14H,3,12-13H2,1-2,4-6H3,(H,21,22). The van der Waals surface area contributed by atoms with Crippen molar-refractivity contribution < 1.29 is 19.4 Å². The van der Waals surface area contributed by atoms with Gasteiger partial charge in [-0.2, -0.15) is 0 Å². The molecule has 0 amide bonds. The van der Waals surface area contributed by atoms with Gasteiger partial charge in [0.15, 0.2) is 0 Å². The van der Waals surface area contributed by atoms with Gasteiger partial charge in [0, 0.05) is 6.42 Å². The van der Waals surface area contributed by atoms with Crippen LogP contribution in [0.5, 0.6) is 0 Å². The van der Waals surface area contributed by atoms with Crippen molar-refractivity contribution in [2.75, 3.05) is 6.61 Å². The van der Waals surface area contributed by atoms with Gasteiger partial charge >= 0.3 is 11.9 Å². The molecule has 1 N–H and O–H groups in total. The fourth-order valence-electron chi connectivity index (χ4n) is 2.63. The molecule has 0 heterocycles. The molecule has 4 nitrogen and oxygen atoms in total. The number of benzene rings is 1. The maximum Gasteiger partial charge on any atom is 0.313 e. The largest absolute Gasteiger partial charge is 0.481 e. The van der Waals surface area contributed by atoms with E-state index in [4.69, 9.17) is 4.74 Å². The van der Waals surface area contributed by atoms with E-state index >= 15 is 0 Å². The van der Waals surface area contributed by atoms with E-state index < -0.39 is 19.5 Å². The van der Waals surface area contributed by atoms with Crippen LogP contribution in [0.15, 0.2) is 42.1 Å². The molecule has 132 valence electrons. The quantitative estimate of drug-likeness (QED) is 0.578. The highest BCUT2D eigenvalue weighted by molar-refractivity contribution is 6.96. The molecule has 1 atom stereocenters. The van der Waals surface area contributed by atoms with Crippen molar-refractivity contribution in [3.8, 4) is 0 Å². The van der Waals surface area contributed by atoms with E-state index in [0.29, 0.717) is 0 Å². The van der Waals surface area contributed by atoms with Crippen LogP contribution >= 0.6 is 0 Å². The van der Waals surface area contributed by atoms with Gasteiger partial charge in [-0.05, 0) is 6.92 Å². The molecule has 24 heavy (non-hydrogen) atoms. The monoisotopic (exact) mass is 348 g/mol. The molecule has 5 heteroatoms. The number of hydrogen-bond donors (Lipinski definition) is 1. The number of hydrogen-bond acceptors (Lipinski definition) is 3. The fraction of sp³-hybridized carbons (Fsp3) is 0.474. The Morgan fingerprint density at radius 3 is 2.25 bits per heavy atom. The van der Waals surface area contributed by atoms with E-state index in [0.717, 1.165) is 10.4 Å². The first kappa shape index (κ1) is 20.2. The van der Waals surface area contributed by atoms with Crippen molar-refractivity contribution >= 4 is 25.2 Å². The summed E-state index contributed by atoms with van der Waals surface area (Å²) in [5, 5.41) is 11.7. The molecule has 1 unspecified atom stereocenters. The number of carbonyl (C=O) groups is 2. The molecule has 0 fully saturated rings. The molecule has 0 saturated carbocycles. The Kier molecular flexibility index (Phi) is 6.55. The van der Waals surface area contributed by atoms with Crippen molar-refractivity contribution in [2.24, 2.45) is 11.3 Å². The first-order valence-electron chi connectivity index (χ1n) is 8.19. The number of carboxylic acids is 1. The van der Waals surface area contributed by atoms with Gasteiger partial charge < -0.3 is 9.84 Å². The minimum Gasteiger partial charge on any atom is -0.481 e. The van der Waals surface area contributed by atoms with E-state index in [1.165, 1.54) is 0 Å². The molecular weight excluding hydrogens is 320 g/mol. The van der Waals surface area contributed by atoms with E-state index in [2.05, 4.69) is 19.7 Å². The maximum absolute atomic E-state index is 12.0. The van der Waals surface area contributed by atoms with Crippen LogP contribution in [-0.4, -0.2) is 31.7 Å². The Bertz CT molecular complexity index is 607. The Balaban J connectivity index is 2.99. The van der Waals surface area contributed by atoms with Gasteiger partial charge in [-0.3, -0.25) is 9.59 Å². The van der Waals surface area contributed by atoms with E-state index in [1.54, 1.807) is 20.8 Å². The average Bonchev–Trinajstić information content (AvgIpc) is 2.54. The van der Waals surface area contributed by atoms with Crippen LogP contribution in [0, 0.1) is 11.3 Å². The average molecular weight is 349 g/mol.